The summed E-state index contributed by atoms with van der Waals surface area (Å²) in [6.45, 7) is 0. The van der Waals surface area contributed by atoms with E-state index in [0.29, 0.717) is 16.9 Å². The van der Waals surface area contributed by atoms with Gasteiger partial charge in [0.25, 0.3) is 10.0 Å². The average molecular weight is 402 g/mol. The van der Waals surface area contributed by atoms with Crippen molar-refractivity contribution in [1.82, 2.24) is 9.97 Å². The van der Waals surface area contributed by atoms with Crippen LogP contribution in [0.25, 0.3) is 22.4 Å². The molecule has 136 valence electrons. The first kappa shape index (κ1) is 17.5. The summed E-state index contributed by atoms with van der Waals surface area (Å²) in [5.74, 6) is 0.102. The molecule has 0 aliphatic heterocycles. The maximum atomic E-state index is 13.1. The standard InChI is InChI=1S/C19H13ClFN3O2S/c20-15-10-13(21)6-8-16(15)24-27(25,26)14-7-9-17-18(11-14)23-19(22-17)12-4-2-1-3-5-12/h1-11,24H,(H,22,23). The van der Waals surface area contributed by atoms with Crippen LogP contribution in [0, 0.1) is 5.82 Å². The van der Waals surface area contributed by atoms with Gasteiger partial charge < -0.3 is 4.98 Å². The van der Waals surface area contributed by atoms with Crippen molar-refractivity contribution in [2.24, 2.45) is 0 Å². The summed E-state index contributed by atoms with van der Waals surface area (Å²) in [5.41, 5.74) is 2.23. The number of fused-ring (bicyclic) bond motifs is 1. The molecule has 0 saturated carbocycles. The van der Waals surface area contributed by atoms with Gasteiger partial charge in [-0.1, -0.05) is 41.9 Å². The topological polar surface area (TPSA) is 74.8 Å². The van der Waals surface area contributed by atoms with Gasteiger partial charge in [0.2, 0.25) is 0 Å². The number of aromatic amines is 1. The molecule has 0 aliphatic rings. The van der Waals surface area contributed by atoms with Crippen LogP contribution in [-0.4, -0.2) is 18.4 Å². The van der Waals surface area contributed by atoms with Crippen LogP contribution >= 0.6 is 11.6 Å². The van der Waals surface area contributed by atoms with Crippen LogP contribution in [0.15, 0.2) is 71.6 Å². The Morgan fingerprint density at radius 1 is 1.00 bits per heavy atom. The zero-order valence-electron chi connectivity index (χ0n) is 13.8. The van der Waals surface area contributed by atoms with E-state index in [0.717, 1.165) is 17.7 Å². The molecule has 27 heavy (non-hydrogen) atoms. The van der Waals surface area contributed by atoms with Crippen LogP contribution in [0.3, 0.4) is 0 Å². The van der Waals surface area contributed by atoms with E-state index in [4.69, 9.17) is 11.6 Å². The predicted octanol–water partition coefficient (Wildman–Crippen LogP) is 4.82. The summed E-state index contributed by atoms with van der Waals surface area (Å²) < 4.78 is 40.8. The molecule has 0 unspecified atom stereocenters. The van der Waals surface area contributed by atoms with Crippen molar-refractivity contribution in [3.8, 4) is 11.4 Å². The minimum Gasteiger partial charge on any atom is -0.338 e. The van der Waals surface area contributed by atoms with Gasteiger partial charge in [-0.25, -0.2) is 17.8 Å². The second kappa shape index (κ2) is 6.68. The van der Waals surface area contributed by atoms with Crippen molar-refractivity contribution in [3.63, 3.8) is 0 Å². The lowest BCUT2D eigenvalue weighted by Crippen LogP contribution is -2.13. The van der Waals surface area contributed by atoms with Crippen LogP contribution in [-0.2, 0) is 10.0 Å². The lowest BCUT2D eigenvalue weighted by molar-refractivity contribution is 0.601. The van der Waals surface area contributed by atoms with Gasteiger partial charge in [-0.2, -0.15) is 0 Å². The Balaban J connectivity index is 1.70. The highest BCUT2D eigenvalue weighted by molar-refractivity contribution is 7.92. The fraction of sp³-hybridized carbons (Fsp3) is 0. The van der Waals surface area contributed by atoms with Crippen molar-refractivity contribution >= 4 is 38.3 Å². The first-order valence-electron chi connectivity index (χ1n) is 7.95. The van der Waals surface area contributed by atoms with E-state index in [-0.39, 0.29) is 15.6 Å². The smallest absolute Gasteiger partial charge is 0.262 e. The highest BCUT2D eigenvalue weighted by atomic mass is 35.5. The highest BCUT2D eigenvalue weighted by Crippen LogP contribution is 2.27. The number of anilines is 1. The molecule has 0 saturated heterocycles. The third-order valence-electron chi connectivity index (χ3n) is 3.99. The average Bonchev–Trinajstić information content (AvgIpc) is 3.08. The number of imidazole rings is 1. The largest absolute Gasteiger partial charge is 0.338 e. The molecule has 0 aliphatic carbocycles. The zero-order valence-corrected chi connectivity index (χ0v) is 15.4. The van der Waals surface area contributed by atoms with Crippen molar-refractivity contribution in [2.75, 3.05) is 4.72 Å². The molecule has 3 aromatic carbocycles. The van der Waals surface area contributed by atoms with Crippen molar-refractivity contribution in [3.05, 3.63) is 77.6 Å². The molecule has 4 rings (SSSR count). The third kappa shape index (κ3) is 3.51. The van der Waals surface area contributed by atoms with Crippen LogP contribution in [0.4, 0.5) is 10.1 Å². The van der Waals surface area contributed by atoms with Gasteiger partial charge in [-0.3, -0.25) is 4.72 Å². The summed E-state index contributed by atoms with van der Waals surface area (Å²) in [5, 5.41) is -0.0208. The quantitative estimate of drug-likeness (QED) is 0.514. The molecule has 1 aromatic heterocycles. The molecular weight excluding hydrogens is 389 g/mol. The Morgan fingerprint density at radius 3 is 2.52 bits per heavy atom. The summed E-state index contributed by atoms with van der Waals surface area (Å²) in [6.07, 6.45) is 0. The first-order valence-corrected chi connectivity index (χ1v) is 9.81. The van der Waals surface area contributed by atoms with Gasteiger partial charge in [0, 0.05) is 5.56 Å². The number of nitrogens with one attached hydrogen (secondary N) is 2. The maximum absolute atomic E-state index is 13.1. The molecule has 4 aromatic rings. The summed E-state index contributed by atoms with van der Waals surface area (Å²) in [7, 11) is -3.90. The number of hydrogen-bond donors (Lipinski definition) is 2. The second-order valence-corrected chi connectivity index (χ2v) is 7.95. The normalized spacial score (nSPS) is 11.6. The van der Waals surface area contributed by atoms with E-state index >= 15 is 0 Å². The summed E-state index contributed by atoms with van der Waals surface area (Å²) >= 11 is 5.91. The van der Waals surface area contributed by atoms with Gasteiger partial charge in [-0.05, 0) is 36.4 Å². The van der Waals surface area contributed by atoms with E-state index < -0.39 is 15.8 Å². The number of hydrogen-bond acceptors (Lipinski definition) is 3. The lowest BCUT2D eigenvalue weighted by Gasteiger charge is -2.09. The minimum absolute atomic E-state index is 0.0208. The fourth-order valence-electron chi connectivity index (χ4n) is 2.66. The maximum Gasteiger partial charge on any atom is 0.262 e. The number of benzene rings is 3. The van der Waals surface area contributed by atoms with Gasteiger partial charge in [-0.15, -0.1) is 0 Å². The van der Waals surface area contributed by atoms with E-state index in [2.05, 4.69) is 14.7 Å². The third-order valence-corrected chi connectivity index (χ3v) is 5.66. The number of halogens is 2. The van der Waals surface area contributed by atoms with Crippen molar-refractivity contribution in [2.45, 2.75) is 4.90 Å². The van der Waals surface area contributed by atoms with E-state index in [9.17, 15) is 12.8 Å². The van der Waals surface area contributed by atoms with Gasteiger partial charge in [0.1, 0.15) is 11.6 Å². The molecule has 0 amide bonds. The number of nitrogens with zero attached hydrogens (tertiary/aromatic N) is 1. The Labute approximate surface area is 159 Å². The Bertz CT molecular complexity index is 1240. The molecular formula is C19H13ClFN3O2S. The number of H-pyrrole nitrogens is 1. The van der Waals surface area contributed by atoms with E-state index in [1.165, 1.54) is 18.2 Å². The monoisotopic (exact) mass is 401 g/mol. The molecule has 5 nitrogen and oxygen atoms in total. The SMILES string of the molecule is O=S(=O)(Nc1ccc(F)cc1Cl)c1ccc2nc(-c3ccccc3)[nH]c2c1. The molecule has 0 spiro atoms. The number of sulfonamides is 1. The van der Waals surface area contributed by atoms with Crippen LogP contribution in [0.2, 0.25) is 5.02 Å². The molecule has 2 N–H and O–H groups in total. The molecule has 0 fully saturated rings. The highest BCUT2D eigenvalue weighted by Gasteiger charge is 2.17. The van der Waals surface area contributed by atoms with E-state index in [1.807, 2.05) is 30.3 Å². The van der Waals surface area contributed by atoms with Crippen molar-refractivity contribution in [1.29, 1.82) is 0 Å². The Kier molecular flexibility index (Phi) is 4.33. The molecule has 1 heterocycles. The number of rotatable bonds is 4. The van der Waals surface area contributed by atoms with Crippen molar-refractivity contribution < 1.29 is 12.8 Å². The lowest BCUT2D eigenvalue weighted by atomic mass is 10.2. The molecule has 0 bridgehead atoms. The van der Waals surface area contributed by atoms with Crippen LogP contribution < -0.4 is 4.72 Å². The molecule has 0 radical (unpaired) electrons. The summed E-state index contributed by atoms with van der Waals surface area (Å²) in [6, 6.07) is 17.5. The molecule has 8 heteroatoms. The van der Waals surface area contributed by atoms with Gasteiger partial charge in [0.05, 0.1) is 26.6 Å². The van der Waals surface area contributed by atoms with Crippen LogP contribution in [0.5, 0.6) is 0 Å². The van der Waals surface area contributed by atoms with Gasteiger partial charge in [0.15, 0.2) is 0 Å². The predicted molar refractivity (Wildman–Crippen MR) is 104 cm³/mol. The number of aromatic nitrogens is 2. The summed E-state index contributed by atoms with van der Waals surface area (Å²) in [4.78, 5) is 7.65. The second-order valence-electron chi connectivity index (χ2n) is 5.86. The zero-order chi connectivity index (χ0) is 19.0. The van der Waals surface area contributed by atoms with E-state index in [1.54, 1.807) is 6.07 Å². The van der Waals surface area contributed by atoms with Gasteiger partial charge >= 0.3 is 0 Å². The first-order chi connectivity index (χ1) is 12.9. The fourth-order valence-corrected chi connectivity index (χ4v) is 4.04. The Hall–Kier alpha value is -2.90. The minimum atomic E-state index is -3.90. The van der Waals surface area contributed by atoms with Crippen LogP contribution in [0.1, 0.15) is 0 Å². The Morgan fingerprint density at radius 2 is 1.78 bits per heavy atom. The molecule has 0 atom stereocenters.